The lowest BCUT2D eigenvalue weighted by molar-refractivity contribution is 0.270. The van der Waals surface area contributed by atoms with Gasteiger partial charge in [0.2, 0.25) is 0 Å². The Balaban J connectivity index is 1.78. The maximum absolute atomic E-state index is 4.67. The molecule has 1 fully saturated rings. The molecule has 3 nitrogen and oxygen atoms in total. The van der Waals surface area contributed by atoms with E-state index >= 15 is 0 Å². The quantitative estimate of drug-likeness (QED) is 0.816. The molecule has 1 aromatic carbocycles. The van der Waals surface area contributed by atoms with E-state index in [0.29, 0.717) is 6.04 Å². The lowest BCUT2D eigenvalue weighted by Gasteiger charge is -2.31. The second-order valence-corrected chi connectivity index (χ2v) is 7.13. The number of benzene rings is 1. The first-order valence-corrected chi connectivity index (χ1v) is 9.52. The Bertz CT molecular complexity index is 639. The third kappa shape index (κ3) is 3.72. The molecule has 0 spiro atoms. The Morgan fingerprint density at radius 2 is 1.83 bits per heavy atom. The minimum Gasteiger partial charge on any atom is -0.305 e. The van der Waals surface area contributed by atoms with E-state index in [-0.39, 0.29) is 0 Å². The molecular weight excluding hydrogens is 294 g/mol. The summed E-state index contributed by atoms with van der Waals surface area (Å²) in [6.45, 7) is 8.34. The van der Waals surface area contributed by atoms with Crippen LogP contribution in [0.2, 0.25) is 0 Å². The van der Waals surface area contributed by atoms with Crippen LogP contribution in [-0.2, 0) is 13.1 Å². The summed E-state index contributed by atoms with van der Waals surface area (Å²) >= 11 is 0. The summed E-state index contributed by atoms with van der Waals surface area (Å²) in [5.41, 5.74) is 5.27. The number of hydrogen-bond donors (Lipinski definition) is 1. The minimum absolute atomic E-state index is 0.454. The normalized spacial score (nSPS) is 17.1. The fourth-order valence-electron chi connectivity index (χ4n) is 4.19. The van der Waals surface area contributed by atoms with E-state index in [0.717, 1.165) is 24.7 Å². The third-order valence-corrected chi connectivity index (χ3v) is 5.61. The molecule has 130 valence electrons. The van der Waals surface area contributed by atoms with Crippen molar-refractivity contribution in [3.05, 3.63) is 52.8 Å². The molecule has 0 amide bonds. The predicted octanol–water partition coefficient (Wildman–Crippen LogP) is 4.93. The molecule has 1 saturated carbocycles. The smallest absolute Gasteiger partial charge is 0.0641 e. The summed E-state index contributed by atoms with van der Waals surface area (Å²) in [4.78, 5) is 0. The molecule has 2 aromatic rings. The maximum Gasteiger partial charge on any atom is 0.0641 e. The van der Waals surface area contributed by atoms with Gasteiger partial charge < -0.3 is 5.32 Å². The second kappa shape index (κ2) is 7.98. The summed E-state index contributed by atoms with van der Waals surface area (Å²) in [5.74, 6) is 0.753. The fourth-order valence-corrected chi connectivity index (χ4v) is 4.19. The van der Waals surface area contributed by atoms with Gasteiger partial charge in [-0.25, -0.2) is 0 Å². The molecule has 1 N–H and O–H groups in total. The van der Waals surface area contributed by atoms with Crippen molar-refractivity contribution in [3.63, 3.8) is 0 Å². The highest BCUT2D eigenvalue weighted by atomic mass is 15.3. The molecule has 3 heteroatoms. The first-order valence-electron chi connectivity index (χ1n) is 9.52. The van der Waals surface area contributed by atoms with E-state index in [1.54, 1.807) is 0 Å². The molecule has 0 saturated heterocycles. The second-order valence-electron chi connectivity index (χ2n) is 7.13. The third-order valence-electron chi connectivity index (χ3n) is 5.61. The van der Waals surface area contributed by atoms with Crippen molar-refractivity contribution in [1.29, 1.82) is 0 Å². The average Bonchev–Trinajstić information content (AvgIpc) is 2.91. The monoisotopic (exact) mass is 325 g/mol. The van der Waals surface area contributed by atoms with Crippen LogP contribution in [0.25, 0.3) is 0 Å². The van der Waals surface area contributed by atoms with Crippen molar-refractivity contribution in [2.24, 2.45) is 5.92 Å². The lowest BCUT2D eigenvalue weighted by Crippen LogP contribution is -2.29. The van der Waals surface area contributed by atoms with Gasteiger partial charge in [0.25, 0.3) is 0 Å². The first-order chi connectivity index (χ1) is 11.7. The van der Waals surface area contributed by atoms with Gasteiger partial charge in [-0.05, 0) is 45.1 Å². The van der Waals surface area contributed by atoms with Gasteiger partial charge >= 0.3 is 0 Å². The standard InChI is InChI=1S/C21H31N3/c1-4-24-17(3)20(16(2)23-24)15-22-21(18-11-7-5-8-12-18)19-13-9-6-10-14-19/h5,7-8,11-12,19,21-22H,4,6,9-10,13-15H2,1-3H3. The van der Waals surface area contributed by atoms with Crippen molar-refractivity contribution in [1.82, 2.24) is 15.1 Å². The highest BCUT2D eigenvalue weighted by Crippen LogP contribution is 2.34. The molecule has 1 atom stereocenters. The van der Waals surface area contributed by atoms with E-state index in [4.69, 9.17) is 0 Å². The molecule has 1 aliphatic rings. The molecule has 3 rings (SSSR count). The van der Waals surface area contributed by atoms with Gasteiger partial charge in [-0.2, -0.15) is 5.10 Å². The van der Waals surface area contributed by atoms with Crippen LogP contribution in [0.5, 0.6) is 0 Å². The molecule has 1 heterocycles. The van der Waals surface area contributed by atoms with Crippen molar-refractivity contribution < 1.29 is 0 Å². The molecule has 0 aliphatic heterocycles. The Morgan fingerprint density at radius 3 is 2.46 bits per heavy atom. The highest BCUT2D eigenvalue weighted by molar-refractivity contribution is 5.25. The average molecular weight is 326 g/mol. The van der Waals surface area contributed by atoms with Crippen molar-refractivity contribution >= 4 is 0 Å². The van der Waals surface area contributed by atoms with E-state index in [1.807, 2.05) is 0 Å². The van der Waals surface area contributed by atoms with Gasteiger partial charge in [0.1, 0.15) is 0 Å². The van der Waals surface area contributed by atoms with Crippen LogP contribution in [0, 0.1) is 19.8 Å². The van der Waals surface area contributed by atoms with Gasteiger partial charge in [0, 0.05) is 30.4 Å². The predicted molar refractivity (Wildman–Crippen MR) is 100.0 cm³/mol. The maximum atomic E-state index is 4.67. The topological polar surface area (TPSA) is 29.9 Å². The fraction of sp³-hybridized carbons (Fsp3) is 0.571. The van der Waals surface area contributed by atoms with Gasteiger partial charge in [-0.3, -0.25) is 4.68 Å². The van der Waals surface area contributed by atoms with E-state index < -0.39 is 0 Å². The summed E-state index contributed by atoms with van der Waals surface area (Å²) in [6.07, 6.45) is 6.85. The van der Waals surface area contributed by atoms with Crippen molar-refractivity contribution in [2.45, 2.75) is 72.0 Å². The zero-order valence-electron chi connectivity index (χ0n) is 15.4. The molecule has 1 unspecified atom stereocenters. The van der Waals surface area contributed by atoms with E-state index in [2.05, 4.69) is 66.2 Å². The molecule has 24 heavy (non-hydrogen) atoms. The van der Waals surface area contributed by atoms with Crippen LogP contribution in [0.3, 0.4) is 0 Å². The number of rotatable bonds is 6. The van der Waals surface area contributed by atoms with Gasteiger partial charge in [-0.15, -0.1) is 0 Å². The van der Waals surface area contributed by atoms with Crippen LogP contribution in [0.4, 0.5) is 0 Å². The van der Waals surface area contributed by atoms with Crippen LogP contribution in [0.15, 0.2) is 30.3 Å². The van der Waals surface area contributed by atoms with Gasteiger partial charge in [-0.1, -0.05) is 49.6 Å². The Morgan fingerprint density at radius 1 is 1.12 bits per heavy atom. The number of hydrogen-bond acceptors (Lipinski definition) is 2. The molecule has 1 aromatic heterocycles. The summed E-state index contributed by atoms with van der Waals surface area (Å²) in [5, 5.41) is 8.56. The lowest BCUT2D eigenvalue weighted by atomic mass is 9.81. The Hall–Kier alpha value is -1.61. The van der Waals surface area contributed by atoms with E-state index in [9.17, 15) is 0 Å². The number of aryl methyl sites for hydroxylation is 2. The first kappa shape index (κ1) is 17.2. The number of nitrogens with one attached hydrogen (secondary N) is 1. The van der Waals surface area contributed by atoms with Crippen LogP contribution >= 0.6 is 0 Å². The number of aromatic nitrogens is 2. The summed E-state index contributed by atoms with van der Waals surface area (Å²) in [6, 6.07) is 11.5. The van der Waals surface area contributed by atoms with E-state index in [1.165, 1.54) is 48.9 Å². The molecule has 0 bridgehead atoms. The molecule has 1 aliphatic carbocycles. The molecule has 0 radical (unpaired) electrons. The zero-order chi connectivity index (χ0) is 16.9. The zero-order valence-corrected chi connectivity index (χ0v) is 15.4. The summed E-state index contributed by atoms with van der Waals surface area (Å²) < 4.78 is 2.12. The highest BCUT2D eigenvalue weighted by Gasteiger charge is 2.25. The Labute approximate surface area is 146 Å². The number of nitrogens with zero attached hydrogens (tertiary/aromatic N) is 2. The van der Waals surface area contributed by atoms with Crippen molar-refractivity contribution in [2.75, 3.05) is 0 Å². The van der Waals surface area contributed by atoms with Gasteiger partial charge in [0.15, 0.2) is 0 Å². The van der Waals surface area contributed by atoms with Crippen LogP contribution < -0.4 is 5.32 Å². The Kier molecular flexibility index (Phi) is 5.72. The minimum atomic E-state index is 0.454. The van der Waals surface area contributed by atoms with Crippen LogP contribution in [-0.4, -0.2) is 9.78 Å². The largest absolute Gasteiger partial charge is 0.305 e. The SMILES string of the molecule is CCn1nc(C)c(CNC(c2ccccc2)C2CCCCC2)c1C. The van der Waals surface area contributed by atoms with Crippen molar-refractivity contribution in [3.8, 4) is 0 Å². The van der Waals surface area contributed by atoms with Gasteiger partial charge in [0.05, 0.1) is 5.69 Å². The summed E-state index contributed by atoms with van der Waals surface area (Å²) in [7, 11) is 0. The molecular formula is C21H31N3. The van der Waals surface area contributed by atoms with Crippen LogP contribution in [0.1, 0.15) is 67.6 Å².